The zero-order chi connectivity index (χ0) is 13.5. The molecule has 0 fully saturated rings. The van der Waals surface area contributed by atoms with Crippen LogP contribution < -0.4 is 5.56 Å². The molecule has 1 N–H and O–H groups in total. The van der Waals surface area contributed by atoms with E-state index < -0.39 is 0 Å². The van der Waals surface area contributed by atoms with Crippen molar-refractivity contribution in [1.82, 2.24) is 20.2 Å². The number of nitrogens with zero attached hydrogens (tertiary/aromatic N) is 3. The standard InChI is InChI=1S/C14H10N4O2/c19-14-10-2-1-8(3-9(10)4-17-18-14)13-11-5-20-6-12(11)15-7-16-13/h1-4,7H,5-6H2,(H,18,19). The third-order valence-corrected chi connectivity index (χ3v) is 3.46. The summed E-state index contributed by atoms with van der Waals surface area (Å²) < 4.78 is 5.41. The van der Waals surface area contributed by atoms with Gasteiger partial charge in [-0.1, -0.05) is 6.07 Å². The second kappa shape index (κ2) is 4.21. The summed E-state index contributed by atoms with van der Waals surface area (Å²) in [6, 6.07) is 5.59. The zero-order valence-corrected chi connectivity index (χ0v) is 10.5. The van der Waals surface area contributed by atoms with Gasteiger partial charge in [0, 0.05) is 16.5 Å². The van der Waals surface area contributed by atoms with Crippen molar-refractivity contribution >= 4 is 10.8 Å². The summed E-state index contributed by atoms with van der Waals surface area (Å²) in [7, 11) is 0. The number of H-pyrrole nitrogens is 1. The van der Waals surface area contributed by atoms with Crippen molar-refractivity contribution in [3.63, 3.8) is 0 Å². The first kappa shape index (κ1) is 11.2. The van der Waals surface area contributed by atoms with Crippen LogP contribution >= 0.6 is 0 Å². The van der Waals surface area contributed by atoms with Crippen molar-refractivity contribution in [1.29, 1.82) is 0 Å². The molecule has 6 nitrogen and oxygen atoms in total. The molecule has 0 unspecified atom stereocenters. The predicted octanol–water partition coefficient (Wildman–Crippen LogP) is 1.41. The van der Waals surface area contributed by atoms with Crippen LogP contribution in [0.1, 0.15) is 11.3 Å². The molecule has 1 aromatic carbocycles. The van der Waals surface area contributed by atoms with Crippen molar-refractivity contribution in [3.8, 4) is 11.3 Å². The zero-order valence-electron chi connectivity index (χ0n) is 10.5. The molecule has 0 aliphatic carbocycles. The maximum atomic E-state index is 11.7. The van der Waals surface area contributed by atoms with Crippen molar-refractivity contribution in [2.24, 2.45) is 0 Å². The van der Waals surface area contributed by atoms with E-state index in [1.165, 1.54) is 0 Å². The van der Waals surface area contributed by atoms with Crippen molar-refractivity contribution < 1.29 is 4.74 Å². The summed E-state index contributed by atoms with van der Waals surface area (Å²) in [5.74, 6) is 0. The third kappa shape index (κ3) is 1.62. The van der Waals surface area contributed by atoms with Crippen LogP contribution in [0.2, 0.25) is 0 Å². The number of hydrogen-bond donors (Lipinski definition) is 1. The molecule has 0 bridgehead atoms. The second-order valence-corrected chi connectivity index (χ2v) is 4.64. The SMILES string of the molecule is O=c1[nH]ncc2cc(-c3ncnc4c3COC4)ccc12. The van der Waals surface area contributed by atoms with E-state index in [0.29, 0.717) is 18.6 Å². The molecule has 3 heterocycles. The van der Waals surface area contributed by atoms with E-state index in [1.54, 1.807) is 18.6 Å². The van der Waals surface area contributed by atoms with Crippen LogP contribution in [0.3, 0.4) is 0 Å². The first-order chi connectivity index (χ1) is 9.83. The van der Waals surface area contributed by atoms with E-state index in [9.17, 15) is 4.79 Å². The molecule has 2 aromatic heterocycles. The lowest BCUT2D eigenvalue weighted by molar-refractivity contribution is 0.133. The summed E-state index contributed by atoms with van der Waals surface area (Å²) in [5.41, 5.74) is 3.55. The number of ether oxygens (including phenoxy) is 1. The minimum atomic E-state index is -0.190. The molecule has 6 heteroatoms. The van der Waals surface area contributed by atoms with Gasteiger partial charge in [0.05, 0.1) is 36.2 Å². The number of aromatic amines is 1. The second-order valence-electron chi connectivity index (χ2n) is 4.64. The monoisotopic (exact) mass is 266 g/mol. The fourth-order valence-corrected chi connectivity index (χ4v) is 2.47. The van der Waals surface area contributed by atoms with Gasteiger partial charge in [-0.3, -0.25) is 4.79 Å². The normalized spacial score (nSPS) is 13.6. The lowest BCUT2D eigenvalue weighted by Crippen LogP contribution is -2.07. The number of hydrogen-bond acceptors (Lipinski definition) is 5. The summed E-state index contributed by atoms with van der Waals surface area (Å²) >= 11 is 0. The summed E-state index contributed by atoms with van der Waals surface area (Å²) in [6.07, 6.45) is 3.18. The lowest BCUT2D eigenvalue weighted by Gasteiger charge is -2.06. The summed E-state index contributed by atoms with van der Waals surface area (Å²) in [5, 5.41) is 7.65. The van der Waals surface area contributed by atoms with Crippen molar-refractivity contribution in [2.75, 3.05) is 0 Å². The molecular weight excluding hydrogens is 256 g/mol. The van der Waals surface area contributed by atoms with Crippen LogP contribution in [-0.4, -0.2) is 20.2 Å². The Bertz CT molecular complexity index is 872. The number of nitrogens with one attached hydrogen (secondary N) is 1. The Balaban J connectivity index is 1.96. The van der Waals surface area contributed by atoms with E-state index in [-0.39, 0.29) is 5.56 Å². The molecule has 4 rings (SSSR count). The summed E-state index contributed by atoms with van der Waals surface area (Å²) in [6.45, 7) is 1.05. The lowest BCUT2D eigenvalue weighted by atomic mass is 10.0. The Morgan fingerprint density at radius 2 is 2.15 bits per heavy atom. The van der Waals surface area contributed by atoms with Gasteiger partial charge in [-0.05, 0) is 12.1 Å². The molecule has 0 amide bonds. The summed E-state index contributed by atoms with van der Waals surface area (Å²) in [4.78, 5) is 20.2. The van der Waals surface area contributed by atoms with Crippen LogP contribution in [0.4, 0.5) is 0 Å². The highest BCUT2D eigenvalue weighted by molar-refractivity contribution is 5.85. The van der Waals surface area contributed by atoms with E-state index in [0.717, 1.165) is 27.9 Å². The van der Waals surface area contributed by atoms with Gasteiger partial charge in [-0.2, -0.15) is 5.10 Å². The van der Waals surface area contributed by atoms with Crippen molar-refractivity contribution in [2.45, 2.75) is 13.2 Å². The highest BCUT2D eigenvalue weighted by atomic mass is 16.5. The van der Waals surface area contributed by atoms with Gasteiger partial charge in [0.25, 0.3) is 5.56 Å². The van der Waals surface area contributed by atoms with Gasteiger partial charge >= 0.3 is 0 Å². The maximum absolute atomic E-state index is 11.7. The van der Waals surface area contributed by atoms with Crippen LogP contribution in [0.5, 0.6) is 0 Å². The highest BCUT2D eigenvalue weighted by Gasteiger charge is 2.18. The van der Waals surface area contributed by atoms with Crippen LogP contribution in [0, 0.1) is 0 Å². The van der Waals surface area contributed by atoms with Crippen molar-refractivity contribution in [3.05, 3.63) is 52.3 Å². The molecule has 20 heavy (non-hydrogen) atoms. The van der Waals surface area contributed by atoms with Gasteiger partial charge in [0.15, 0.2) is 0 Å². The topological polar surface area (TPSA) is 80.8 Å². The largest absolute Gasteiger partial charge is 0.370 e. The number of benzene rings is 1. The molecule has 0 saturated carbocycles. The Kier molecular flexibility index (Phi) is 2.37. The quantitative estimate of drug-likeness (QED) is 0.720. The molecule has 3 aromatic rings. The van der Waals surface area contributed by atoms with Gasteiger partial charge in [0.2, 0.25) is 0 Å². The fraction of sp³-hybridized carbons (Fsp3) is 0.143. The van der Waals surface area contributed by atoms with Gasteiger partial charge < -0.3 is 4.74 Å². The highest BCUT2D eigenvalue weighted by Crippen LogP contribution is 2.29. The van der Waals surface area contributed by atoms with E-state index in [2.05, 4.69) is 20.2 Å². The molecule has 0 saturated heterocycles. The average molecular weight is 266 g/mol. The Morgan fingerprint density at radius 1 is 1.20 bits per heavy atom. The molecule has 98 valence electrons. The first-order valence-corrected chi connectivity index (χ1v) is 6.21. The average Bonchev–Trinajstić information content (AvgIpc) is 2.95. The smallest absolute Gasteiger partial charge is 0.272 e. The Hall–Kier alpha value is -2.60. The molecule has 0 spiro atoms. The molecule has 1 aliphatic heterocycles. The Morgan fingerprint density at radius 3 is 3.10 bits per heavy atom. The molecular formula is C14H10N4O2. The fourth-order valence-electron chi connectivity index (χ4n) is 2.47. The number of rotatable bonds is 1. The van der Waals surface area contributed by atoms with Gasteiger partial charge in [-0.15, -0.1) is 0 Å². The molecule has 0 radical (unpaired) electrons. The van der Waals surface area contributed by atoms with E-state index >= 15 is 0 Å². The maximum Gasteiger partial charge on any atom is 0.272 e. The van der Waals surface area contributed by atoms with Gasteiger partial charge in [0.1, 0.15) is 6.33 Å². The first-order valence-electron chi connectivity index (χ1n) is 6.21. The predicted molar refractivity (Wildman–Crippen MR) is 71.9 cm³/mol. The third-order valence-electron chi connectivity index (χ3n) is 3.46. The Labute approximate surface area is 113 Å². The van der Waals surface area contributed by atoms with Crippen LogP contribution in [0.25, 0.3) is 22.0 Å². The number of aromatic nitrogens is 4. The van der Waals surface area contributed by atoms with Gasteiger partial charge in [-0.25, -0.2) is 15.1 Å². The van der Waals surface area contributed by atoms with E-state index in [4.69, 9.17) is 4.74 Å². The van der Waals surface area contributed by atoms with Crippen LogP contribution in [-0.2, 0) is 18.0 Å². The molecule has 1 aliphatic rings. The van der Waals surface area contributed by atoms with Crippen LogP contribution in [0.15, 0.2) is 35.5 Å². The minimum Gasteiger partial charge on any atom is -0.370 e. The number of fused-ring (bicyclic) bond motifs is 2. The molecule has 0 atom stereocenters. The minimum absolute atomic E-state index is 0.190. The van der Waals surface area contributed by atoms with E-state index in [1.807, 2.05) is 12.1 Å².